The molecule has 0 unspecified atom stereocenters. The van der Waals surface area contributed by atoms with Crippen LogP contribution >= 0.6 is 0 Å². The molecule has 0 bridgehead atoms. The second-order valence-electron chi connectivity index (χ2n) is 13.4. The van der Waals surface area contributed by atoms with Gasteiger partial charge in [-0.05, 0) is 13.8 Å². The zero-order chi connectivity index (χ0) is 30.5. The van der Waals surface area contributed by atoms with Gasteiger partial charge < -0.3 is 24.8 Å². The third-order valence-corrected chi connectivity index (χ3v) is 13.3. The van der Waals surface area contributed by atoms with Crippen molar-refractivity contribution >= 4 is 40.9 Å². The molecule has 0 N–H and O–H groups in total. The number of halogens is 2. The maximum atomic E-state index is 3.57. The van der Waals surface area contributed by atoms with E-state index in [-0.39, 0.29) is 24.8 Å². The Bertz CT molecular complexity index is 1640. The molecule has 1 aliphatic carbocycles. The van der Waals surface area contributed by atoms with Gasteiger partial charge in [-0.2, -0.15) is 5.20 Å². The summed E-state index contributed by atoms with van der Waals surface area (Å²) in [6.45, 7) is 18.8. The number of aryl methyl sites for hydroxylation is 2. The Morgan fingerprint density at radius 3 is 1.41 bits per heavy atom. The third kappa shape index (κ3) is 10.3. The zero-order valence-electron chi connectivity index (χ0n) is 27.4. The summed E-state index contributed by atoms with van der Waals surface area (Å²) in [7, 11) is -2.14. The van der Waals surface area contributed by atoms with Crippen molar-refractivity contribution in [2.75, 3.05) is 0 Å². The minimum absolute atomic E-state index is 0. The topological polar surface area (TPSA) is 0 Å². The SMILES string of the molecule is C[Si](C)(C)C1=[C-]CC([Si](C)(C)C)=C1.Cc1ccc2c(c1)[cH-]c1cc(C)ccc12.[Cl-].[Cl-].[Zr+2]=[C](c1ccccc1)c1ccccc1. The van der Waals surface area contributed by atoms with Gasteiger partial charge in [-0.25, -0.2) is 11.3 Å². The molecule has 0 spiro atoms. The van der Waals surface area contributed by atoms with Gasteiger partial charge in [-0.3, -0.25) is 6.08 Å². The molecule has 0 atom stereocenters. The molecule has 0 fully saturated rings. The first-order chi connectivity index (χ1) is 19.8. The van der Waals surface area contributed by atoms with Gasteiger partial charge in [0.2, 0.25) is 0 Å². The van der Waals surface area contributed by atoms with Crippen LogP contribution in [-0.4, -0.2) is 19.4 Å². The van der Waals surface area contributed by atoms with Crippen molar-refractivity contribution in [2.24, 2.45) is 0 Å². The average molecular weight is 731 g/mol. The van der Waals surface area contributed by atoms with E-state index in [4.69, 9.17) is 0 Å². The van der Waals surface area contributed by atoms with E-state index in [0.717, 1.165) is 6.42 Å². The predicted octanol–water partition coefficient (Wildman–Crippen LogP) is 4.94. The molecule has 44 heavy (non-hydrogen) atoms. The van der Waals surface area contributed by atoms with Crippen molar-refractivity contribution in [2.45, 2.75) is 59.6 Å². The molecular weight excluding hydrogens is 687 g/mol. The van der Waals surface area contributed by atoms with Crippen LogP contribution in [0.4, 0.5) is 0 Å². The number of hydrogen-bond donors (Lipinski definition) is 0. The standard InChI is InChI=1S/C15H13.C13H10.C11H21Si2.2ClH.Zr/c1-10-3-5-14-12(7-10)9-13-8-11(2)4-6-15(13)14;1-3-7-12(8-4-1)11-13-9-5-2-6-10-13;1-12(2,3)10-7-8-11(9-10)13(4,5)6;;;/h3-9H,1-2H3;1-10H;9H,7H2,1-6H3;2*1H;/q-1;;-1;;;+2/p-2. The quantitative estimate of drug-likeness (QED) is 0.182. The summed E-state index contributed by atoms with van der Waals surface area (Å²) >= 11 is 1.46. The fraction of sp³-hybridized carbons (Fsp3) is 0.231. The van der Waals surface area contributed by atoms with Gasteiger partial charge >= 0.3 is 99.2 Å². The van der Waals surface area contributed by atoms with Crippen LogP contribution in [0.5, 0.6) is 0 Å². The molecule has 0 saturated carbocycles. The molecule has 0 aliphatic heterocycles. The van der Waals surface area contributed by atoms with Crippen molar-refractivity contribution in [3.05, 3.63) is 148 Å². The van der Waals surface area contributed by atoms with Crippen LogP contribution in [0.2, 0.25) is 39.3 Å². The Hall–Kier alpha value is -2.00. The first-order valence-electron chi connectivity index (χ1n) is 14.9. The molecule has 228 valence electrons. The average Bonchev–Trinajstić information content (AvgIpc) is 3.60. The number of allylic oxidation sites excluding steroid dienone is 4. The molecule has 0 amide bonds. The molecule has 1 aliphatic rings. The van der Waals surface area contributed by atoms with Crippen LogP contribution in [-0.2, 0) is 24.2 Å². The summed E-state index contributed by atoms with van der Waals surface area (Å²) in [6.07, 6.45) is 7.15. The first kappa shape index (κ1) is 38.2. The third-order valence-electron chi connectivity index (χ3n) is 7.70. The number of fused-ring (bicyclic) bond motifs is 3. The van der Waals surface area contributed by atoms with E-state index < -0.39 is 16.1 Å². The summed E-state index contributed by atoms with van der Waals surface area (Å²) in [5, 5.41) is 8.69. The summed E-state index contributed by atoms with van der Waals surface area (Å²) in [5.41, 5.74) is 5.32. The number of hydrogen-bond acceptors (Lipinski definition) is 0. The summed E-state index contributed by atoms with van der Waals surface area (Å²) in [4.78, 5) is 0. The van der Waals surface area contributed by atoms with E-state index in [0.29, 0.717) is 0 Å². The van der Waals surface area contributed by atoms with Crippen LogP contribution in [0.25, 0.3) is 21.5 Å². The Morgan fingerprint density at radius 2 is 1.07 bits per heavy atom. The van der Waals surface area contributed by atoms with Crippen molar-refractivity contribution in [1.82, 2.24) is 0 Å². The Labute approximate surface area is 295 Å². The summed E-state index contributed by atoms with van der Waals surface area (Å²) in [5.74, 6) is 0. The van der Waals surface area contributed by atoms with Crippen LogP contribution in [0.1, 0.15) is 28.7 Å². The van der Waals surface area contributed by atoms with E-state index >= 15 is 0 Å². The van der Waals surface area contributed by atoms with Gasteiger partial charge in [0, 0.05) is 8.07 Å². The van der Waals surface area contributed by atoms with E-state index in [2.05, 4.69) is 168 Å². The van der Waals surface area contributed by atoms with Crippen molar-refractivity contribution in [1.29, 1.82) is 0 Å². The fourth-order valence-electron chi connectivity index (χ4n) is 5.07. The molecule has 5 aromatic rings. The van der Waals surface area contributed by atoms with E-state index in [1.807, 2.05) is 0 Å². The van der Waals surface area contributed by atoms with E-state index in [9.17, 15) is 0 Å². The van der Waals surface area contributed by atoms with Gasteiger partial charge in [0.05, 0.1) is 8.07 Å². The van der Waals surface area contributed by atoms with Crippen LogP contribution in [0.15, 0.2) is 120 Å². The van der Waals surface area contributed by atoms with E-state index in [1.165, 1.54) is 71.2 Å². The van der Waals surface area contributed by atoms with Crippen LogP contribution in [0, 0.1) is 19.9 Å². The monoisotopic (exact) mass is 728 g/mol. The summed E-state index contributed by atoms with van der Waals surface area (Å²) < 4.78 is 1.42. The number of rotatable bonds is 4. The van der Waals surface area contributed by atoms with Crippen molar-refractivity contribution in [3.63, 3.8) is 0 Å². The Morgan fingerprint density at radius 1 is 0.636 bits per heavy atom. The fourth-order valence-corrected chi connectivity index (χ4v) is 8.45. The zero-order valence-corrected chi connectivity index (χ0v) is 33.3. The van der Waals surface area contributed by atoms with Gasteiger partial charge in [-0.15, -0.1) is 46.2 Å². The van der Waals surface area contributed by atoms with Crippen LogP contribution in [0.3, 0.4) is 0 Å². The molecule has 0 aromatic heterocycles. The van der Waals surface area contributed by atoms with Crippen molar-refractivity contribution in [3.8, 4) is 0 Å². The summed E-state index contributed by atoms with van der Waals surface area (Å²) in [6, 6.07) is 36.7. The molecular formula is C39H44Cl2Si2Zr-2. The Balaban J connectivity index is 0.000000226. The Kier molecular flexibility index (Phi) is 14.3. The molecule has 6 rings (SSSR count). The van der Waals surface area contributed by atoms with Gasteiger partial charge in [0.25, 0.3) is 0 Å². The molecule has 0 saturated heterocycles. The van der Waals surface area contributed by atoms with Gasteiger partial charge in [0.15, 0.2) is 0 Å². The van der Waals surface area contributed by atoms with Gasteiger partial charge in [0.1, 0.15) is 0 Å². The predicted molar refractivity (Wildman–Crippen MR) is 189 cm³/mol. The molecule has 0 radical (unpaired) electrons. The second-order valence-corrected chi connectivity index (χ2v) is 24.8. The number of benzene rings is 4. The normalized spacial score (nSPS) is 12.5. The van der Waals surface area contributed by atoms with Crippen molar-refractivity contribution < 1.29 is 49.0 Å². The second kappa shape index (κ2) is 16.5. The molecule has 5 aromatic carbocycles. The maximum absolute atomic E-state index is 3.57. The van der Waals surface area contributed by atoms with Crippen LogP contribution < -0.4 is 24.8 Å². The first-order valence-corrected chi connectivity index (χ1v) is 23.1. The van der Waals surface area contributed by atoms with Gasteiger partial charge in [-0.1, -0.05) is 74.7 Å². The van der Waals surface area contributed by atoms with E-state index in [1.54, 1.807) is 10.4 Å². The minimum atomic E-state index is -1.09. The molecule has 5 heteroatoms. The molecule has 0 nitrogen and oxygen atoms in total. The molecule has 0 heterocycles.